The van der Waals surface area contributed by atoms with E-state index in [0.717, 1.165) is 23.8 Å². The van der Waals surface area contributed by atoms with Crippen LogP contribution >= 0.6 is 0 Å². The standard InChI is InChI=1S/C16H31N/c1-3-13(2)11-14-7-5-4-6-8-15(14)12-17-16-9-10-16/h13-17H,3-12H2,1-2H3. The van der Waals surface area contributed by atoms with Gasteiger partial charge in [0.15, 0.2) is 0 Å². The van der Waals surface area contributed by atoms with E-state index >= 15 is 0 Å². The Hall–Kier alpha value is -0.0400. The maximum atomic E-state index is 3.78. The first-order chi connectivity index (χ1) is 8.29. The molecular formula is C16H31N. The molecule has 0 saturated heterocycles. The van der Waals surface area contributed by atoms with Crippen molar-refractivity contribution in [1.82, 2.24) is 5.32 Å². The molecule has 0 amide bonds. The lowest BCUT2D eigenvalue weighted by atomic mass is 9.81. The summed E-state index contributed by atoms with van der Waals surface area (Å²) in [5.74, 6) is 2.92. The minimum atomic E-state index is 0.891. The zero-order valence-corrected chi connectivity index (χ0v) is 11.9. The number of hydrogen-bond donors (Lipinski definition) is 1. The van der Waals surface area contributed by atoms with Gasteiger partial charge in [0, 0.05) is 6.04 Å². The molecule has 0 aromatic rings. The van der Waals surface area contributed by atoms with Gasteiger partial charge in [0.1, 0.15) is 0 Å². The van der Waals surface area contributed by atoms with Crippen LogP contribution < -0.4 is 5.32 Å². The van der Waals surface area contributed by atoms with Crippen LogP contribution in [0.15, 0.2) is 0 Å². The van der Waals surface area contributed by atoms with Crippen molar-refractivity contribution < 1.29 is 0 Å². The summed E-state index contributed by atoms with van der Waals surface area (Å²) >= 11 is 0. The van der Waals surface area contributed by atoms with Crippen LogP contribution in [0.4, 0.5) is 0 Å². The highest BCUT2D eigenvalue weighted by Crippen LogP contribution is 2.34. The van der Waals surface area contributed by atoms with E-state index in [1.54, 1.807) is 0 Å². The van der Waals surface area contributed by atoms with Gasteiger partial charge in [-0.05, 0) is 50.0 Å². The van der Waals surface area contributed by atoms with Crippen molar-refractivity contribution in [2.75, 3.05) is 6.54 Å². The predicted octanol–water partition coefficient (Wildman–Crippen LogP) is 4.37. The normalized spacial score (nSPS) is 32.1. The maximum absolute atomic E-state index is 3.78. The van der Waals surface area contributed by atoms with Crippen LogP contribution in [0.2, 0.25) is 0 Å². The van der Waals surface area contributed by atoms with Gasteiger partial charge in [-0.25, -0.2) is 0 Å². The molecule has 0 aliphatic heterocycles. The molecule has 2 fully saturated rings. The Balaban J connectivity index is 1.81. The van der Waals surface area contributed by atoms with Gasteiger partial charge in [0.2, 0.25) is 0 Å². The summed E-state index contributed by atoms with van der Waals surface area (Å²) in [5, 5.41) is 3.78. The molecule has 17 heavy (non-hydrogen) atoms. The fraction of sp³-hybridized carbons (Fsp3) is 1.00. The summed E-state index contributed by atoms with van der Waals surface area (Å²) in [6, 6.07) is 0.891. The lowest BCUT2D eigenvalue weighted by molar-refractivity contribution is 0.248. The van der Waals surface area contributed by atoms with E-state index in [0.29, 0.717) is 0 Å². The average molecular weight is 237 g/mol. The first-order valence-corrected chi connectivity index (χ1v) is 8.03. The molecule has 3 unspecified atom stereocenters. The van der Waals surface area contributed by atoms with Gasteiger partial charge in [-0.2, -0.15) is 0 Å². The highest BCUT2D eigenvalue weighted by atomic mass is 14.9. The van der Waals surface area contributed by atoms with E-state index in [9.17, 15) is 0 Å². The zero-order chi connectivity index (χ0) is 12.1. The van der Waals surface area contributed by atoms with Crippen LogP contribution in [0.25, 0.3) is 0 Å². The molecule has 2 aliphatic carbocycles. The first kappa shape index (κ1) is 13.4. The smallest absolute Gasteiger partial charge is 0.00683 e. The van der Waals surface area contributed by atoms with Crippen LogP contribution in [-0.2, 0) is 0 Å². The summed E-state index contributed by atoms with van der Waals surface area (Å²) < 4.78 is 0. The fourth-order valence-electron chi connectivity index (χ4n) is 3.33. The van der Waals surface area contributed by atoms with Crippen molar-refractivity contribution in [3.05, 3.63) is 0 Å². The average Bonchev–Trinajstić information content (AvgIpc) is 3.14. The Morgan fingerprint density at radius 1 is 1.00 bits per heavy atom. The Morgan fingerprint density at radius 3 is 2.35 bits per heavy atom. The first-order valence-electron chi connectivity index (χ1n) is 8.03. The van der Waals surface area contributed by atoms with Crippen molar-refractivity contribution in [1.29, 1.82) is 0 Å². The van der Waals surface area contributed by atoms with Crippen LogP contribution in [0.3, 0.4) is 0 Å². The monoisotopic (exact) mass is 237 g/mol. The van der Waals surface area contributed by atoms with Gasteiger partial charge in [-0.15, -0.1) is 0 Å². The van der Waals surface area contributed by atoms with Crippen molar-refractivity contribution >= 4 is 0 Å². The molecular weight excluding hydrogens is 206 g/mol. The number of hydrogen-bond acceptors (Lipinski definition) is 1. The van der Waals surface area contributed by atoms with Crippen LogP contribution in [0, 0.1) is 17.8 Å². The van der Waals surface area contributed by atoms with Gasteiger partial charge >= 0.3 is 0 Å². The van der Waals surface area contributed by atoms with Crippen molar-refractivity contribution in [3.8, 4) is 0 Å². The maximum Gasteiger partial charge on any atom is 0.00683 e. The Kier molecular flexibility index (Phi) is 5.34. The molecule has 2 aliphatic rings. The molecule has 0 bridgehead atoms. The minimum Gasteiger partial charge on any atom is -0.314 e. The molecule has 1 heteroatoms. The molecule has 1 N–H and O–H groups in total. The molecule has 1 nitrogen and oxygen atoms in total. The molecule has 0 aromatic carbocycles. The van der Waals surface area contributed by atoms with Crippen LogP contribution in [0.5, 0.6) is 0 Å². The molecule has 0 aromatic heterocycles. The molecule has 100 valence electrons. The summed E-state index contributed by atoms with van der Waals surface area (Å²) in [4.78, 5) is 0. The van der Waals surface area contributed by atoms with E-state index in [1.807, 2.05) is 0 Å². The van der Waals surface area contributed by atoms with Crippen molar-refractivity contribution in [3.63, 3.8) is 0 Å². The topological polar surface area (TPSA) is 12.0 Å². The molecule has 0 heterocycles. The van der Waals surface area contributed by atoms with Crippen molar-refractivity contribution in [2.24, 2.45) is 17.8 Å². The van der Waals surface area contributed by atoms with Gasteiger partial charge in [-0.1, -0.05) is 46.0 Å². The fourth-order valence-corrected chi connectivity index (χ4v) is 3.33. The highest BCUT2D eigenvalue weighted by molar-refractivity contribution is 4.84. The molecule has 3 atom stereocenters. The number of rotatable bonds is 6. The lowest BCUT2D eigenvalue weighted by Crippen LogP contribution is -2.30. The molecule has 0 radical (unpaired) electrons. The SMILES string of the molecule is CCC(C)CC1CCCCCC1CNC1CC1. The Labute approximate surface area is 108 Å². The molecule has 2 saturated carbocycles. The second-order valence-electron chi connectivity index (χ2n) is 6.59. The Bertz CT molecular complexity index is 210. The van der Waals surface area contributed by atoms with E-state index < -0.39 is 0 Å². The second kappa shape index (κ2) is 6.78. The predicted molar refractivity (Wildman–Crippen MR) is 75.2 cm³/mol. The summed E-state index contributed by atoms with van der Waals surface area (Å²) in [6.07, 6.45) is 13.1. The molecule has 2 rings (SSSR count). The van der Waals surface area contributed by atoms with Crippen molar-refractivity contribution in [2.45, 2.75) is 77.7 Å². The zero-order valence-electron chi connectivity index (χ0n) is 11.9. The van der Waals surface area contributed by atoms with Crippen LogP contribution in [0.1, 0.15) is 71.6 Å². The van der Waals surface area contributed by atoms with E-state index in [4.69, 9.17) is 0 Å². The largest absolute Gasteiger partial charge is 0.314 e. The highest BCUT2D eigenvalue weighted by Gasteiger charge is 2.27. The summed E-state index contributed by atoms with van der Waals surface area (Å²) in [6.45, 7) is 6.10. The van der Waals surface area contributed by atoms with E-state index in [2.05, 4.69) is 19.2 Å². The molecule has 0 spiro atoms. The van der Waals surface area contributed by atoms with Gasteiger partial charge in [0.25, 0.3) is 0 Å². The van der Waals surface area contributed by atoms with Gasteiger partial charge < -0.3 is 5.32 Å². The quantitative estimate of drug-likeness (QED) is 0.676. The third-order valence-electron chi connectivity index (χ3n) is 4.96. The van der Waals surface area contributed by atoms with Crippen LogP contribution in [-0.4, -0.2) is 12.6 Å². The minimum absolute atomic E-state index is 0.891. The second-order valence-corrected chi connectivity index (χ2v) is 6.59. The summed E-state index contributed by atoms with van der Waals surface area (Å²) in [5.41, 5.74) is 0. The summed E-state index contributed by atoms with van der Waals surface area (Å²) in [7, 11) is 0. The van der Waals surface area contributed by atoms with E-state index in [1.165, 1.54) is 64.3 Å². The van der Waals surface area contributed by atoms with E-state index in [-0.39, 0.29) is 0 Å². The Morgan fingerprint density at radius 2 is 1.71 bits per heavy atom. The van der Waals surface area contributed by atoms with Gasteiger partial charge in [0.05, 0.1) is 0 Å². The number of nitrogens with one attached hydrogen (secondary N) is 1. The third-order valence-corrected chi connectivity index (χ3v) is 4.96. The third kappa shape index (κ3) is 4.62. The lowest BCUT2D eigenvalue weighted by Gasteiger charge is -2.27. The van der Waals surface area contributed by atoms with Gasteiger partial charge in [-0.3, -0.25) is 0 Å².